The van der Waals surface area contributed by atoms with Crippen LogP contribution >= 0.6 is 0 Å². The molecule has 1 rings (SSSR count). The third-order valence-corrected chi connectivity index (χ3v) is 3.40. The van der Waals surface area contributed by atoms with Crippen molar-refractivity contribution in [1.82, 2.24) is 5.32 Å². The van der Waals surface area contributed by atoms with Crippen LogP contribution < -0.4 is 5.32 Å². The fourth-order valence-electron chi connectivity index (χ4n) is 2.48. The van der Waals surface area contributed by atoms with E-state index in [1.807, 2.05) is 6.92 Å². The highest BCUT2D eigenvalue weighted by atomic mass is 16.5. The SMILES string of the molecule is CC(C)NC(C)(C#N)CCCOCC1CCCCO1. The molecule has 0 aromatic rings. The predicted octanol–water partition coefficient (Wildman–Crippen LogP) is 2.63. The summed E-state index contributed by atoms with van der Waals surface area (Å²) >= 11 is 0. The summed E-state index contributed by atoms with van der Waals surface area (Å²) in [7, 11) is 0. The van der Waals surface area contributed by atoms with Crippen LogP contribution in [-0.2, 0) is 9.47 Å². The van der Waals surface area contributed by atoms with Gasteiger partial charge in [0.2, 0.25) is 0 Å². The van der Waals surface area contributed by atoms with Crippen LogP contribution in [0.15, 0.2) is 0 Å². The zero-order valence-electron chi connectivity index (χ0n) is 12.6. The van der Waals surface area contributed by atoms with Gasteiger partial charge < -0.3 is 9.47 Å². The lowest BCUT2D eigenvalue weighted by Gasteiger charge is -2.26. The molecule has 0 aromatic heterocycles. The lowest BCUT2D eigenvalue weighted by atomic mass is 9.97. The third kappa shape index (κ3) is 6.91. The van der Waals surface area contributed by atoms with Crippen LogP contribution in [0.1, 0.15) is 52.9 Å². The summed E-state index contributed by atoms with van der Waals surface area (Å²) in [6.07, 6.45) is 5.54. The Morgan fingerprint density at radius 2 is 2.26 bits per heavy atom. The zero-order valence-corrected chi connectivity index (χ0v) is 12.6. The van der Waals surface area contributed by atoms with Gasteiger partial charge in [0.1, 0.15) is 5.54 Å². The first-order chi connectivity index (χ1) is 9.06. The Balaban J connectivity index is 2.10. The highest BCUT2D eigenvalue weighted by Crippen LogP contribution is 2.14. The van der Waals surface area contributed by atoms with Gasteiger partial charge in [-0.2, -0.15) is 5.26 Å². The second-order valence-electron chi connectivity index (χ2n) is 5.91. The first kappa shape index (κ1) is 16.4. The summed E-state index contributed by atoms with van der Waals surface area (Å²) in [5, 5.41) is 12.5. The molecule has 1 fully saturated rings. The molecule has 2 atom stereocenters. The Bertz CT molecular complexity index is 282. The number of hydrogen-bond donors (Lipinski definition) is 1. The first-order valence-electron chi connectivity index (χ1n) is 7.44. The van der Waals surface area contributed by atoms with E-state index in [0.717, 1.165) is 25.9 Å². The molecule has 2 unspecified atom stereocenters. The van der Waals surface area contributed by atoms with Gasteiger partial charge in [-0.1, -0.05) is 0 Å². The Hall–Kier alpha value is -0.630. The van der Waals surface area contributed by atoms with Crippen molar-refractivity contribution in [3.63, 3.8) is 0 Å². The molecule has 1 saturated heterocycles. The number of nitrogens with zero attached hydrogens (tertiary/aromatic N) is 1. The van der Waals surface area contributed by atoms with Gasteiger partial charge in [0.05, 0.1) is 18.8 Å². The van der Waals surface area contributed by atoms with Gasteiger partial charge in [0.25, 0.3) is 0 Å². The van der Waals surface area contributed by atoms with Crippen molar-refractivity contribution in [2.45, 2.75) is 70.6 Å². The molecule has 1 N–H and O–H groups in total. The van der Waals surface area contributed by atoms with E-state index in [0.29, 0.717) is 19.3 Å². The molecule has 4 nitrogen and oxygen atoms in total. The molecule has 0 saturated carbocycles. The van der Waals surface area contributed by atoms with Gasteiger partial charge in [-0.25, -0.2) is 0 Å². The number of ether oxygens (including phenoxy) is 2. The molecule has 1 aliphatic heterocycles. The van der Waals surface area contributed by atoms with Crippen LogP contribution in [0.5, 0.6) is 0 Å². The van der Waals surface area contributed by atoms with E-state index >= 15 is 0 Å². The van der Waals surface area contributed by atoms with Crippen molar-refractivity contribution in [3.05, 3.63) is 0 Å². The van der Waals surface area contributed by atoms with E-state index < -0.39 is 5.54 Å². The maximum Gasteiger partial charge on any atom is 0.104 e. The van der Waals surface area contributed by atoms with E-state index in [-0.39, 0.29) is 6.10 Å². The van der Waals surface area contributed by atoms with Gasteiger partial charge in [0.15, 0.2) is 0 Å². The standard InChI is InChI=1S/C15H28N2O2/c1-13(2)17-15(3,12-16)8-6-9-18-11-14-7-4-5-10-19-14/h13-14,17H,4-11H2,1-3H3. The maximum absolute atomic E-state index is 9.22. The molecule has 0 aromatic carbocycles. The number of nitriles is 1. The van der Waals surface area contributed by atoms with E-state index in [9.17, 15) is 5.26 Å². The lowest BCUT2D eigenvalue weighted by molar-refractivity contribution is -0.0414. The number of rotatable bonds is 8. The van der Waals surface area contributed by atoms with Gasteiger partial charge in [-0.05, 0) is 52.9 Å². The van der Waals surface area contributed by atoms with Crippen molar-refractivity contribution in [3.8, 4) is 6.07 Å². The smallest absolute Gasteiger partial charge is 0.104 e. The molecule has 0 radical (unpaired) electrons. The molecular formula is C15H28N2O2. The monoisotopic (exact) mass is 268 g/mol. The fraction of sp³-hybridized carbons (Fsp3) is 0.933. The molecule has 0 amide bonds. The largest absolute Gasteiger partial charge is 0.379 e. The quantitative estimate of drug-likeness (QED) is 0.688. The van der Waals surface area contributed by atoms with Gasteiger partial charge in [-0.15, -0.1) is 0 Å². The van der Waals surface area contributed by atoms with Crippen LogP contribution in [0.25, 0.3) is 0 Å². The molecule has 0 spiro atoms. The van der Waals surface area contributed by atoms with Crippen LogP contribution in [0, 0.1) is 11.3 Å². The predicted molar refractivity (Wildman–Crippen MR) is 75.9 cm³/mol. The van der Waals surface area contributed by atoms with Crippen molar-refractivity contribution in [2.24, 2.45) is 0 Å². The summed E-state index contributed by atoms with van der Waals surface area (Å²) in [4.78, 5) is 0. The fourth-order valence-corrected chi connectivity index (χ4v) is 2.48. The summed E-state index contributed by atoms with van der Waals surface area (Å²) in [6.45, 7) is 8.35. The Labute approximate surface area is 117 Å². The highest BCUT2D eigenvalue weighted by molar-refractivity contribution is 5.04. The molecule has 110 valence electrons. The minimum absolute atomic E-state index is 0.282. The molecule has 0 bridgehead atoms. The van der Waals surface area contributed by atoms with E-state index in [4.69, 9.17) is 9.47 Å². The van der Waals surface area contributed by atoms with Crippen LogP contribution in [0.3, 0.4) is 0 Å². The average molecular weight is 268 g/mol. The average Bonchev–Trinajstić information content (AvgIpc) is 2.39. The molecule has 1 aliphatic rings. The third-order valence-electron chi connectivity index (χ3n) is 3.40. The van der Waals surface area contributed by atoms with E-state index in [1.54, 1.807) is 0 Å². The Kier molecular flexibility index (Phi) is 7.37. The summed E-state index contributed by atoms with van der Waals surface area (Å²) in [5.74, 6) is 0. The van der Waals surface area contributed by atoms with Crippen LogP contribution in [-0.4, -0.2) is 37.5 Å². The minimum Gasteiger partial charge on any atom is -0.379 e. The number of hydrogen-bond acceptors (Lipinski definition) is 4. The van der Waals surface area contributed by atoms with Crippen molar-refractivity contribution in [1.29, 1.82) is 5.26 Å². The topological polar surface area (TPSA) is 54.3 Å². The van der Waals surface area contributed by atoms with Crippen LogP contribution in [0.4, 0.5) is 0 Å². The molecular weight excluding hydrogens is 240 g/mol. The molecule has 4 heteroatoms. The summed E-state index contributed by atoms with van der Waals surface area (Å²) < 4.78 is 11.3. The zero-order chi connectivity index (χ0) is 14.1. The Morgan fingerprint density at radius 3 is 2.84 bits per heavy atom. The van der Waals surface area contributed by atoms with Crippen molar-refractivity contribution >= 4 is 0 Å². The number of nitrogens with one attached hydrogen (secondary N) is 1. The van der Waals surface area contributed by atoms with E-state index in [2.05, 4.69) is 25.2 Å². The van der Waals surface area contributed by atoms with Gasteiger partial charge >= 0.3 is 0 Å². The molecule has 19 heavy (non-hydrogen) atoms. The van der Waals surface area contributed by atoms with Crippen molar-refractivity contribution < 1.29 is 9.47 Å². The van der Waals surface area contributed by atoms with Crippen molar-refractivity contribution in [2.75, 3.05) is 19.8 Å². The normalized spacial score (nSPS) is 23.0. The second kappa shape index (κ2) is 8.52. The first-order valence-corrected chi connectivity index (χ1v) is 7.44. The van der Waals surface area contributed by atoms with Gasteiger partial charge in [-0.3, -0.25) is 5.32 Å². The van der Waals surface area contributed by atoms with Gasteiger partial charge in [0, 0.05) is 19.3 Å². The maximum atomic E-state index is 9.22. The van der Waals surface area contributed by atoms with Crippen LogP contribution in [0.2, 0.25) is 0 Å². The molecule has 1 heterocycles. The Morgan fingerprint density at radius 1 is 1.47 bits per heavy atom. The highest BCUT2D eigenvalue weighted by Gasteiger charge is 2.23. The summed E-state index contributed by atoms with van der Waals surface area (Å²) in [6, 6.07) is 2.68. The second-order valence-corrected chi connectivity index (χ2v) is 5.91. The molecule has 0 aliphatic carbocycles. The minimum atomic E-state index is -0.446. The lowest BCUT2D eigenvalue weighted by Crippen LogP contribution is -2.45. The van der Waals surface area contributed by atoms with E-state index in [1.165, 1.54) is 12.8 Å². The summed E-state index contributed by atoms with van der Waals surface area (Å²) in [5.41, 5.74) is -0.446.